The summed E-state index contributed by atoms with van der Waals surface area (Å²) >= 11 is 0. The monoisotopic (exact) mass is 270 g/mol. The SMILES string of the molecule is COc1ccc2cc(CN3CCNC[C@H]3C)ccc2c1. The van der Waals surface area contributed by atoms with Crippen LogP contribution in [0.3, 0.4) is 0 Å². The Labute approximate surface area is 120 Å². The van der Waals surface area contributed by atoms with Gasteiger partial charge in [-0.2, -0.15) is 0 Å². The molecule has 1 N–H and O–H groups in total. The van der Waals surface area contributed by atoms with Crippen molar-refractivity contribution < 1.29 is 4.74 Å². The van der Waals surface area contributed by atoms with Gasteiger partial charge in [0.25, 0.3) is 0 Å². The van der Waals surface area contributed by atoms with E-state index < -0.39 is 0 Å². The fourth-order valence-electron chi connectivity index (χ4n) is 2.85. The molecular weight excluding hydrogens is 248 g/mol. The van der Waals surface area contributed by atoms with Gasteiger partial charge in [0.15, 0.2) is 0 Å². The number of nitrogens with one attached hydrogen (secondary N) is 1. The summed E-state index contributed by atoms with van der Waals surface area (Å²) < 4.78 is 5.27. The van der Waals surface area contributed by atoms with Gasteiger partial charge < -0.3 is 10.1 Å². The van der Waals surface area contributed by atoms with Crippen LogP contribution < -0.4 is 10.1 Å². The molecule has 1 aliphatic heterocycles. The van der Waals surface area contributed by atoms with E-state index >= 15 is 0 Å². The molecule has 2 aromatic rings. The van der Waals surface area contributed by atoms with Gasteiger partial charge in [-0.1, -0.05) is 18.2 Å². The first kappa shape index (κ1) is 13.4. The predicted octanol–water partition coefficient (Wildman–Crippen LogP) is 2.64. The summed E-state index contributed by atoms with van der Waals surface area (Å²) in [4.78, 5) is 2.54. The minimum absolute atomic E-state index is 0.607. The molecule has 0 aliphatic carbocycles. The van der Waals surface area contributed by atoms with E-state index in [1.165, 1.54) is 16.3 Å². The molecule has 1 atom stereocenters. The lowest BCUT2D eigenvalue weighted by atomic mass is 10.1. The van der Waals surface area contributed by atoms with Crippen LogP contribution in [-0.4, -0.2) is 37.7 Å². The zero-order valence-corrected chi connectivity index (χ0v) is 12.2. The quantitative estimate of drug-likeness (QED) is 0.928. The summed E-state index contributed by atoms with van der Waals surface area (Å²) in [5.41, 5.74) is 1.39. The van der Waals surface area contributed by atoms with E-state index in [4.69, 9.17) is 4.74 Å². The third-order valence-corrected chi connectivity index (χ3v) is 4.14. The Kier molecular flexibility index (Phi) is 3.90. The van der Waals surface area contributed by atoms with E-state index in [1.54, 1.807) is 7.11 Å². The van der Waals surface area contributed by atoms with Crippen molar-refractivity contribution in [1.82, 2.24) is 10.2 Å². The molecule has 1 aliphatic rings. The molecule has 0 unspecified atom stereocenters. The van der Waals surface area contributed by atoms with Gasteiger partial charge in [0, 0.05) is 32.2 Å². The molecule has 1 saturated heterocycles. The number of piperazine rings is 1. The predicted molar refractivity (Wildman–Crippen MR) is 83.2 cm³/mol. The number of fused-ring (bicyclic) bond motifs is 1. The highest BCUT2D eigenvalue weighted by Gasteiger charge is 2.17. The van der Waals surface area contributed by atoms with E-state index in [1.807, 2.05) is 6.07 Å². The van der Waals surface area contributed by atoms with Crippen molar-refractivity contribution in [3.8, 4) is 5.75 Å². The van der Waals surface area contributed by atoms with Crippen molar-refractivity contribution >= 4 is 10.8 Å². The molecule has 0 bridgehead atoms. The lowest BCUT2D eigenvalue weighted by molar-refractivity contribution is 0.166. The Bertz CT molecular complexity index is 597. The second kappa shape index (κ2) is 5.81. The third-order valence-electron chi connectivity index (χ3n) is 4.14. The summed E-state index contributed by atoms with van der Waals surface area (Å²) in [6, 6.07) is 13.6. The van der Waals surface area contributed by atoms with Crippen molar-refractivity contribution in [3.63, 3.8) is 0 Å². The first-order chi connectivity index (χ1) is 9.76. The van der Waals surface area contributed by atoms with Crippen LogP contribution in [0, 0.1) is 0 Å². The Balaban J connectivity index is 1.81. The second-order valence-corrected chi connectivity index (χ2v) is 5.57. The van der Waals surface area contributed by atoms with Gasteiger partial charge in [-0.25, -0.2) is 0 Å². The van der Waals surface area contributed by atoms with Crippen molar-refractivity contribution in [3.05, 3.63) is 42.0 Å². The summed E-state index contributed by atoms with van der Waals surface area (Å²) in [6.07, 6.45) is 0. The smallest absolute Gasteiger partial charge is 0.119 e. The molecular formula is C17H22N2O. The van der Waals surface area contributed by atoms with Gasteiger partial charge in [-0.3, -0.25) is 4.90 Å². The Hall–Kier alpha value is -1.58. The normalized spacial score (nSPS) is 20.2. The highest BCUT2D eigenvalue weighted by molar-refractivity contribution is 5.84. The van der Waals surface area contributed by atoms with Crippen LogP contribution in [0.25, 0.3) is 10.8 Å². The standard InChI is InChI=1S/C17H22N2O/c1-13-11-18-7-8-19(13)12-14-3-4-16-10-17(20-2)6-5-15(16)9-14/h3-6,9-10,13,18H,7-8,11-12H2,1-2H3/t13-/m1/s1. The topological polar surface area (TPSA) is 24.5 Å². The average Bonchev–Trinajstić information content (AvgIpc) is 2.49. The van der Waals surface area contributed by atoms with Crippen molar-refractivity contribution in [1.29, 1.82) is 0 Å². The molecule has 0 aromatic heterocycles. The number of benzene rings is 2. The van der Waals surface area contributed by atoms with Gasteiger partial charge in [-0.15, -0.1) is 0 Å². The Morgan fingerprint density at radius 2 is 2.00 bits per heavy atom. The maximum Gasteiger partial charge on any atom is 0.119 e. The molecule has 0 spiro atoms. The zero-order chi connectivity index (χ0) is 13.9. The van der Waals surface area contributed by atoms with Crippen molar-refractivity contribution in [2.75, 3.05) is 26.7 Å². The third kappa shape index (κ3) is 2.79. The van der Waals surface area contributed by atoms with Gasteiger partial charge >= 0.3 is 0 Å². The number of hydrogen-bond donors (Lipinski definition) is 1. The van der Waals surface area contributed by atoms with E-state index in [-0.39, 0.29) is 0 Å². The molecule has 3 heteroatoms. The highest BCUT2D eigenvalue weighted by atomic mass is 16.5. The van der Waals surface area contributed by atoms with E-state index in [0.29, 0.717) is 6.04 Å². The number of methoxy groups -OCH3 is 1. The van der Waals surface area contributed by atoms with Crippen LogP contribution in [-0.2, 0) is 6.54 Å². The Morgan fingerprint density at radius 1 is 1.20 bits per heavy atom. The molecule has 20 heavy (non-hydrogen) atoms. The van der Waals surface area contributed by atoms with Gasteiger partial charge in [0.1, 0.15) is 5.75 Å². The summed E-state index contributed by atoms with van der Waals surface area (Å²) in [7, 11) is 1.71. The molecule has 3 nitrogen and oxygen atoms in total. The van der Waals surface area contributed by atoms with E-state index in [0.717, 1.165) is 31.9 Å². The zero-order valence-electron chi connectivity index (χ0n) is 12.2. The molecule has 1 fully saturated rings. The van der Waals surface area contributed by atoms with Gasteiger partial charge in [-0.05, 0) is 41.5 Å². The molecule has 106 valence electrons. The van der Waals surface area contributed by atoms with E-state index in [2.05, 4.69) is 47.5 Å². The van der Waals surface area contributed by atoms with Crippen LogP contribution in [0.5, 0.6) is 5.75 Å². The van der Waals surface area contributed by atoms with Gasteiger partial charge in [0.05, 0.1) is 7.11 Å². The van der Waals surface area contributed by atoms with Crippen LogP contribution >= 0.6 is 0 Å². The van der Waals surface area contributed by atoms with Crippen LogP contribution in [0.15, 0.2) is 36.4 Å². The highest BCUT2D eigenvalue weighted by Crippen LogP contribution is 2.22. The average molecular weight is 270 g/mol. The first-order valence-electron chi connectivity index (χ1n) is 7.28. The number of ether oxygens (including phenoxy) is 1. The first-order valence-corrected chi connectivity index (χ1v) is 7.28. The largest absolute Gasteiger partial charge is 0.497 e. The van der Waals surface area contributed by atoms with Crippen LogP contribution in [0.1, 0.15) is 12.5 Å². The maximum absolute atomic E-state index is 5.27. The van der Waals surface area contributed by atoms with Gasteiger partial charge in [0.2, 0.25) is 0 Å². The second-order valence-electron chi connectivity index (χ2n) is 5.57. The maximum atomic E-state index is 5.27. The number of nitrogens with zero attached hydrogens (tertiary/aromatic N) is 1. The lowest BCUT2D eigenvalue weighted by Gasteiger charge is -2.33. The molecule has 2 aromatic carbocycles. The molecule has 0 radical (unpaired) electrons. The van der Waals surface area contributed by atoms with Crippen LogP contribution in [0.2, 0.25) is 0 Å². The number of hydrogen-bond acceptors (Lipinski definition) is 3. The molecule has 0 amide bonds. The molecule has 1 heterocycles. The summed E-state index contributed by atoms with van der Waals surface area (Å²) in [5.74, 6) is 0.918. The molecule has 0 saturated carbocycles. The van der Waals surface area contributed by atoms with E-state index in [9.17, 15) is 0 Å². The van der Waals surface area contributed by atoms with Crippen molar-refractivity contribution in [2.45, 2.75) is 19.5 Å². The fourth-order valence-corrected chi connectivity index (χ4v) is 2.85. The summed E-state index contributed by atoms with van der Waals surface area (Å²) in [6.45, 7) is 6.63. The minimum Gasteiger partial charge on any atom is -0.497 e. The fraction of sp³-hybridized carbons (Fsp3) is 0.412. The van der Waals surface area contributed by atoms with Crippen LogP contribution in [0.4, 0.5) is 0 Å². The van der Waals surface area contributed by atoms with Crippen molar-refractivity contribution in [2.24, 2.45) is 0 Å². The molecule has 3 rings (SSSR count). The number of rotatable bonds is 3. The Morgan fingerprint density at radius 3 is 2.80 bits per heavy atom. The lowest BCUT2D eigenvalue weighted by Crippen LogP contribution is -2.49. The minimum atomic E-state index is 0.607. The summed E-state index contributed by atoms with van der Waals surface area (Å²) in [5, 5.41) is 5.96.